The lowest BCUT2D eigenvalue weighted by Crippen LogP contribution is -2.34. The zero-order valence-electron chi connectivity index (χ0n) is 8.93. The first-order valence-corrected chi connectivity index (χ1v) is 5.65. The average Bonchev–Trinajstić information content (AvgIpc) is 2.81. The van der Waals surface area contributed by atoms with E-state index >= 15 is 0 Å². The highest BCUT2D eigenvalue weighted by Crippen LogP contribution is 2.22. The van der Waals surface area contributed by atoms with Gasteiger partial charge in [-0.2, -0.15) is 0 Å². The molecule has 0 saturated carbocycles. The third kappa shape index (κ3) is 3.63. The highest BCUT2D eigenvalue weighted by atomic mass is 32.1. The molecule has 1 rings (SSSR count). The Balaban J connectivity index is 2.69. The van der Waals surface area contributed by atoms with Gasteiger partial charge in [0.1, 0.15) is 0 Å². The summed E-state index contributed by atoms with van der Waals surface area (Å²) >= 11 is 1.47. The molecule has 0 saturated heterocycles. The Morgan fingerprint density at radius 2 is 2.38 bits per heavy atom. The van der Waals surface area contributed by atoms with Crippen LogP contribution >= 0.6 is 11.3 Å². The Bertz CT molecular complexity index is 333. The third-order valence-corrected chi connectivity index (χ3v) is 2.99. The van der Waals surface area contributed by atoms with Crippen molar-refractivity contribution >= 4 is 23.2 Å². The van der Waals surface area contributed by atoms with Crippen molar-refractivity contribution in [2.45, 2.75) is 12.5 Å². The van der Waals surface area contributed by atoms with E-state index in [4.69, 9.17) is 5.73 Å². The van der Waals surface area contributed by atoms with Crippen LogP contribution in [0.2, 0.25) is 0 Å². The average molecular weight is 242 g/mol. The number of hydrogen-bond acceptors (Lipinski definition) is 5. The van der Waals surface area contributed by atoms with Crippen molar-refractivity contribution in [3.63, 3.8) is 0 Å². The lowest BCUT2D eigenvalue weighted by atomic mass is 10.1. The maximum Gasteiger partial charge on any atom is 0.307 e. The fourth-order valence-corrected chi connectivity index (χ4v) is 1.99. The van der Waals surface area contributed by atoms with E-state index in [1.165, 1.54) is 18.4 Å². The molecule has 0 radical (unpaired) electrons. The molecule has 0 fully saturated rings. The van der Waals surface area contributed by atoms with Crippen LogP contribution in [-0.4, -0.2) is 25.5 Å². The van der Waals surface area contributed by atoms with Crippen LogP contribution in [0.15, 0.2) is 17.5 Å². The van der Waals surface area contributed by atoms with Crippen LogP contribution in [0.25, 0.3) is 0 Å². The van der Waals surface area contributed by atoms with Gasteiger partial charge in [-0.05, 0) is 11.4 Å². The van der Waals surface area contributed by atoms with Gasteiger partial charge in [0, 0.05) is 4.88 Å². The van der Waals surface area contributed by atoms with Gasteiger partial charge in [-0.1, -0.05) is 6.07 Å². The molecule has 1 atom stereocenters. The molecule has 5 nitrogen and oxygen atoms in total. The van der Waals surface area contributed by atoms with Gasteiger partial charge in [-0.3, -0.25) is 9.59 Å². The summed E-state index contributed by atoms with van der Waals surface area (Å²) in [6.07, 6.45) is 0.114. The van der Waals surface area contributed by atoms with E-state index in [9.17, 15) is 9.59 Å². The first-order chi connectivity index (χ1) is 7.67. The Morgan fingerprint density at radius 3 is 2.88 bits per heavy atom. The normalized spacial score (nSPS) is 11.9. The Morgan fingerprint density at radius 1 is 1.62 bits per heavy atom. The Hall–Kier alpha value is -1.40. The summed E-state index contributed by atoms with van der Waals surface area (Å²) < 4.78 is 4.58. The fraction of sp³-hybridized carbons (Fsp3) is 0.400. The highest BCUT2D eigenvalue weighted by molar-refractivity contribution is 7.10. The summed E-state index contributed by atoms with van der Waals surface area (Å²) in [6, 6.07) is 3.36. The van der Waals surface area contributed by atoms with Crippen LogP contribution < -0.4 is 11.1 Å². The number of nitrogens with one attached hydrogen (secondary N) is 1. The maximum absolute atomic E-state index is 11.2. The number of hydrogen-bond donors (Lipinski definition) is 2. The topological polar surface area (TPSA) is 81.4 Å². The van der Waals surface area contributed by atoms with Crippen molar-refractivity contribution in [2.24, 2.45) is 5.73 Å². The molecule has 0 aromatic carbocycles. The van der Waals surface area contributed by atoms with Gasteiger partial charge in [0.25, 0.3) is 0 Å². The van der Waals surface area contributed by atoms with Gasteiger partial charge < -0.3 is 15.8 Å². The minimum atomic E-state index is -0.365. The standard InChI is InChI=1S/C10H14N2O3S/c1-15-10(14)5-7(12-9(13)6-11)8-3-2-4-16-8/h2-4,7H,5-6,11H2,1H3,(H,12,13). The van der Waals surface area contributed by atoms with Gasteiger partial charge in [0.05, 0.1) is 26.1 Å². The first kappa shape index (κ1) is 12.7. The van der Waals surface area contributed by atoms with Crippen molar-refractivity contribution in [3.05, 3.63) is 22.4 Å². The summed E-state index contributed by atoms with van der Waals surface area (Å²) in [5.74, 6) is -0.655. The van der Waals surface area contributed by atoms with Crippen molar-refractivity contribution in [2.75, 3.05) is 13.7 Å². The predicted molar refractivity (Wildman–Crippen MR) is 60.9 cm³/mol. The molecule has 88 valence electrons. The number of carbonyl (C=O) groups excluding carboxylic acids is 2. The number of methoxy groups -OCH3 is 1. The van der Waals surface area contributed by atoms with Crippen LogP contribution in [0.4, 0.5) is 0 Å². The molecule has 1 aromatic heterocycles. The van der Waals surface area contributed by atoms with Crippen LogP contribution in [0.1, 0.15) is 17.3 Å². The van der Waals surface area contributed by atoms with E-state index in [-0.39, 0.29) is 30.9 Å². The van der Waals surface area contributed by atoms with Gasteiger partial charge in [-0.15, -0.1) is 11.3 Å². The first-order valence-electron chi connectivity index (χ1n) is 4.77. The molecule has 1 unspecified atom stereocenters. The molecule has 0 aliphatic carbocycles. The Kier molecular flexibility index (Phi) is 4.94. The fourth-order valence-electron chi connectivity index (χ4n) is 1.22. The van der Waals surface area contributed by atoms with Crippen molar-refractivity contribution < 1.29 is 14.3 Å². The van der Waals surface area contributed by atoms with Crippen LogP contribution in [-0.2, 0) is 14.3 Å². The van der Waals surface area contributed by atoms with Crippen LogP contribution in [0.3, 0.4) is 0 Å². The van der Waals surface area contributed by atoms with Crippen LogP contribution in [0.5, 0.6) is 0 Å². The molecule has 0 spiro atoms. The highest BCUT2D eigenvalue weighted by Gasteiger charge is 2.18. The smallest absolute Gasteiger partial charge is 0.307 e. The molecule has 0 aliphatic rings. The molecule has 6 heteroatoms. The van der Waals surface area contributed by atoms with Crippen molar-refractivity contribution in [1.29, 1.82) is 0 Å². The summed E-state index contributed by atoms with van der Waals surface area (Å²) in [5.41, 5.74) is 5.21. The quantitative estimate of drug-likeness (QED) is 0.733. The SMILES string of the molecule is COC(=O)CC(NC(=O)CN)c1cccs1. The summed E-state index contributed by atoms with van der Waals surface area (Å²) in [7, 11) is 1.32. The molecule has 1 heterocycles. The van der Waals surface area contributed by atoms with Gasteiger partial charge in [0.2, 0.25) is 5.91 Å². The van der Waals surface area contributed by atoms with E-state index in [1.54, 1.807) is 0 Å². The number of carbonyl (C=O) groups is 2. The number of amides is 1. The number of nitrogens with two attached hydrogens (primary N) is 1. The number of rotatable bonds is 5. The Labute approximate surface area is 97.6 Å². The van der Waals surface area contributed by atoms with Gasteiger partial charge in [-0.25, -0.2) is 0 Å². The molecule has 16 heavy (non-hydrogen) atoms. The summed E-state index contributed by atoms with van der Waals surface area (Å²) in [6.45, 7) is -0.0942. The molecule has 3 N–H and O–H groups in total. The molecule has 0 aliphatic heterocycles. The molecule has 1 aromatic rings. The van der Waals surface area contributed by atoms with Crippen LogP contribution in [0, 0.1) is 0 Å². The van der Waals surface area contributed by atoms with Gasteiger partial charge in [0.15, 0.2) is 0 Å². The van der Waals surface area contributed by atoms with Gasteiger partial charge >= 0.3 is 5.97 Å². The molecule has 1 amide bonds. The van der Waals surface area contributed by atoms with E-state index < -0.39 is 0 Å². The molecular weight excluding hydrogens is 228 g/mol. The second kappa shape index (κ2) is 6.24. The second-order valence-corrected chi connectivity index (χ2v) is 4.10. The van der Waals surface area contributed by atoms with Crippen molar-refractivity contribution in [3.8, 4) is 0 Å². The number of esters is 1. The monoisotopic (exact) mass is 242 g/mol. The zero-order valence-corrected chi connectivity index (χ0v) is 9.75. The lowest BCUT2D eigenvalue weighted by Gasteiger charge is -2.15. The maximum atomic E-state index is 11.2. The number of ether oxygens (including phenoxy) is 1. The minimum Gasteiger partial charge on any atom is -0.469 e. The zero-order chi connectivity index (χ0) is 12.0. The van der Waals surface area contributed by atoms with E-state index in [0.717, 1.165) is 4.88 Å². The number of thiophene rings is 1. The second-order valence-electron chi connectivity index (χ2n) is 3.12. The summed E-state index contributed by atoms with van der Waals surface area (Å²) in [4.78, 5) is 23.3. The summed E-state index contributed by atoms with van der Waals surface area (Å²) in [5, 5.41) is 4.56. The van der Waals surface area contributed by atoms with E-state index in [0.29, 0.717) is 0 Å². The minimum absolute atomic E-state index is 0.0942. The molecular formula is C10H14N2O3S. The largest absolute Gasteiger partial charge is 0.469 e. The van der Waals surface area contributed by atoms with E-state index in [2.05, 4.69) is 10.1 Å². The lowest BCUT2D eigenvalue weighted by molar-refractivity contribution is -0.141. The van der Waals surface area contributed by atoms with E-state index in [1.807, 2.05) is 17.5 Å². The third-order valence-electron chi connectivity index (χ3n) is 2.01. The predicted octanol–water partition coefficient (Wildman–Crippen LogP) is 0.427. The molecule has 0 bridgehead atoms. The van der Waals surface area contributed by atoms with Crippen molar-refractivity contribution in [1.82, 2.24) is 5.32 Å².